The number of amides is 1. The highest BCUT2D eigenvalue weighted by Crippen LogP contribution is 2.34. The summed E-state index contributed by atoms with van der Waals surface area (Å²) >= 11 is 0. The van der Waals surface area contributed by atoms with Crippen LogP contribution in [0.1, 0.15) is 44.6 Å². The molecule has 1 amide bonds. The molecule has 0 aromatic heterocycles. The number of carbonyl (C=O) groups is 1. The van der Waals surface area contributed by atoms with Crippen molar-refractivity contribution in [3.63, 3.8) is 0 Å². The van der Waals surface area contributed by atoms with Crippen LogP contribution in [0.25, 0.3) is 0 Å². The van der Waals surface area contributed by atoms with Crippen molar-refractivity contribution in [2.75, 3.05) is 19.0 Å². The van der Waals surface area contributed by atoms with Gasteiger partial charge in [-0.05, 0) is 62.8 Å². The van der Waals surface area contributed by atoms with Gasteiger partial charge in [0, 0.05) is 12.8 Å². The van der Waals surface area contributed by atoms with Gasteiger partial charge in [-0.15, -0.1) is 0 Å². The molecule has 1 fully saturated rings. The Bertz CT molecular complexity index is 493. The second kappa shape index (κ2) is 6.94. The zero-order chi connectivity index (χ0) is 15.3. The number of aryl methyl sites for hydroxylation is 1. The molecule has 0 bridgehead atoms. The van der Waals surface area contributed by atoms with Crippen LogP contribution in [0, 0.1) is 6.92 Å². The minimum atomic E-state index is -0.648. The third kappa shape index (κ3) is 3.56. The second-order valence-electron chi connectivity index (χ2n) is 5.69. The van der Waals surface area contributed by atoms with Crippen molar-refractivity contribution in [2.24, 2.45) is 0 Å². The third-order valence-corrected chi connectivity index (χ3v) is 4.11. The maximum atomic E-state index is 12.5. The number of hydrogen-bond acceptors (Lipinski definition) is 3. The molecule has 0 aliphatic heterocycles. The molecule has 0 spiro atoms. The van der Waals surface area contributed by atoms with E-state index >= 15 is 0 Å². The van der Waals surface area contributed by atoms with E-state index in [1.165, 1.54) is 0 Å². The van der Waals surface area contributed by atoms with Crippen molar-refractivity contribution in [1.82, 2.24) is 0 Å². The molecule has 0 unspecified atom stereocenters. The lowest BCUT2D eigenvalue weighted by Crippen LogP contribution is -2.42. The van der Waals surface area contributed by atoms with E-state index in [-0.39, 0.29) is 5.91 Å². The highest BCUT2D eigenvalue weighted by atomic mass is 16.5. The van der Waals surface area contributed by atoms with Crippen molar-refractivity contribution in [3.05, 3.63) is 23.8 Å². The molecule has 1 aliphatic rings. The highest BCUT2D eigenvalue weighted by Gasteiger charge is 2.41. The van der Waals surface area contributed by atoms with E-state index < -0.39 is 5.60 Å². The molecular weight excluding hydrogens is 266 g/mol. The van der Waals surface area contributed by atoms with E-state index in [9.17, 15) is 4.79 Å². The molecular formula is C17H25NO3. The zero-order valence-electron chi connectivity index (χ0n) is 13.2. The van der Waals surface area contributed by atoms with Crippen LogP contribution in [-0.4, -0.2) is 25.2 Å². The number of nitrogens with one attached hydrogen (secondary N) is 1. The van der Waals surface area contributed by atoms with Crippen LogP contribution in [0.3, 0.4) is 0 Å². The summed E-state index contributed by atoms with van der Waals surface area (Å²) in [5.41, 5.74) is 1.18. The van der Waals surface area contributed by atoms with Gasteiger partial charge in [0.05, 0.1) is 6.61 Å². The Morgan fingerprint density at radius 3 is 2.62 bits per heavy atom. The van der Waals surface area contributed by atoms with E-state index in [0.717, 1.165) is 49.1 Å². The second-order valence-corrected chi connectivity index (χ2v) is 5.69. The zero-order valence-corrected chi connectivity index (χ0v) is 13.2. The van der Waals surface area contributed by atoms with Crippen LogP contribution in [0.5, 0.6) is 5.75 Å². The lowest BCUT2D eigenvalue weighted by atomic mass is 10.0. The number of benzene rings is 1. The summed E-state index contributed by atoms with van der Waals surface area (Å²) in [7, 11) is 1.62. The van der Waals surface area contributed by atoms with Crippen molar-refractivity contribution >= 4 is 11.6 Å². The fraction of sp³-hybridized carbons (Fsp3) is 0.588. The first-order chi connectivity index (χ1) is 10.1. The molecule has 4 nitrogen and oxygen atoms in total. The third-order valence-electron chi connectivity index (χ3n) is 4.11. The number of anilines is 1. The monoisotopic (exact) mass is 291 g/mol. The van der Waals surface area contributed by atoms with Gasteiger partial charge >= 0.3 is 0 Å². The van der Waals surface area contributed by atoms with Crippen LogP contribution in [0.4, 0.5) is 5.69 Å². The van der Waals surface area contributed by atoms with Gasteiger partial charge in [0.15, 0.2) is 0 Å². The molecule has 1 saturated carbocycles. The first-order valence-electron chi connectivity index (χ1n) is 7.71. The van der Waals surface area contributed by atoms with E-state index in [4.69, 9.17) is 9.47 Å². The van der Waals surface area contributed by atoms with Crippen LogP contribution in [0.2, 0.25) is 0 Å². The van der Waals surface area contributed by atoms with Gasteiger partial charge in [-0.3, -0.25) is 4.79 Å². The van der Waals surface area contributed by atoms with E-state index in [0.29, 0.717) is 6.61 Å². The van der Waals surface area contributed by atoms with Gasteiger partial charge in [0.2, 0.25) is 0 Å². The van der Waals surface area contributed by atoms with Crippen LogP contribution in [0.15, 0.2) is 18.2 Å². The first kappa shape index (κ1) is 15.8. The summed E-state index contributed by atoms with van der Waals surface area (Å²) in [6.07, 6.45) is 4.67. The van der Waals surface area contributed by atoms with E-state index in [2.05, 4.69) is 12.2 Å². The lowest BCUT2D eigenvalue weighted by Gasteiger charge is -2.26. The van der Waals surface area contributed by atoms with Crippen LogP contribution in [-0.2, 0) is 9.53 Å². The molecule has 0 radical (unpaired) electrons. The van der Waals surface area contributed by atoms with Gasteiger partial charge in [0.1, 0.15) is 11.4 Å². The summed E-state index contributed by atoms with van der Waals surface area (Å²) < 4.78 is 11.2. The molecule has 1 aliphatic carbocycles. The van der Waals surface area contributed by atoms with Crippen molar-refractivity contribution in [1.29, 1.82) is 0 Å². The number of methoxy groups -OCH3 is 1. The van der Waals surface area contributed by atoms with Crippen LogP contribution >= 0.6 is 0 Å². The largest absolute Gasteiger partial charge is 0.493 e. The molecule has 0 saturated heterocycles. The molecule has 21 heavy (non-hydrogen) atoms. The Labute approximate surface area is 126 Å². The maximum Gasteiger partial charge on any atom is 0.256 e. The molecule has 2 rings (SSSR count). The van der Waals surface area contributed by atoms with Gasteiger partial charge < -0.3 is 14.8 Å². The summed E-state index contributed by atoms with van der Waals surface area (Å²) in [4.78, 5) is 12.5. The predicted molar refractivity (Wildman–Crippen MR) is 83.8 cm³/mol. The Hall–Kier alpha value is -1.55. The molecule has 116 valence electrons. The normalized spacial score (nSPS) is 16.7. The van der Waals surface area contributed by atoms with Crippen LogP contribution < -0.4 is 10.1 Å². The summed E-state index contributed by atoms with van der Waals surface area (Å²) in [5, 5.41) is 2.98. The maximum absolute atomic E-state index is 12.5. The van der Waals surface area contributed by atoms with E-state index in [1.807, 2.05) is 25.1 Å². The molecule has 1 N–H and O–H groups in total. The fourth-order valence-electron chi connectivity index (χ4n) is 2.82. The highest BCUT2D eigenvalue weighted by molar-refractivity contribution is 5.97. The Kier molecular flexibility index (Phi) is 5.23. The van der Waals surface area contributed by atoms with Gasteiger partial charge in [-0.2, -0.15) is 0 Å². The Morgan fingerprint density at radius 2 is 2.05 bits per heavy atom. The van der Waals surface area contributed by atoms with Gasteiger partial charge in [-0.25, -0.2) is 0 Å². The quantitative estimate of drug-likeness (QED) is 0.869. The van der Waals surface area contributed by atoms with Crippen molar-refractivity contribution in [3.8, 4) is 5.75 Å². The average molecular weight is 291 g/mol. The van der Waals surface area contributed by atoms with Crippen molar-refractivity contribution < 1.29 is 14.3 Å². The minimum absolute atomic E-state index is 0.0378. The summed E-state index contributed by atoms with van der Waals surface area (Å²) in [6, 6.07) is 5.74. The summed E-state index contributed by atoms with van der Waals surface area (Å²) in [6.45, 7) is 4.78. The minimum Gasteiger partial charge on any atom is -0.493 e. The predicted octanol–water partition coefficient (Wildman–Crippen LogP) is 3.68. The average Bonchev–Trinajstić information content (AvgIpc) is 2.96. The van der Waals surface area contributed by atoms with Gasteiger partial charge in [0.25, 0.3) is 5.91 Å². The number of hydrogen-bond donors (Lipinski definition) is 1. The molecule has 1 aromatic carbocycles. The number of ether oxygens (including phenoxy) is 2. The number of rotatable bonds is 6. The van der Waals surface area contributed by atoms with Crippen molar-refractivity contribution in [2.45, 2.75) is 51.6 Å². The summed E-state index contributed by atoms with van der Waals surface area (Å²) in [5.74, 6) is 0.835. The standard InChI is InChI=1S/C17H25NO3/c1-4-11-21-15-8-7-14(12-13(15)2)18-16(19)17(20-3)9-5-6-10-17/h7-8,12H,4-6,9-11H2,1-3H3,(H,18,19). The molecule has 0 heterocycles. The fourth-order valence-corrected chi connectivity index (χ4v) is 2.82. The molecule has 4 heteroatoms. The lowest BCUT2D eigenvalue weighted by molar-refractivity contribution is -0.136. The Morgan fingerprint density at radius 1 is 1.33 bits per heavy atom. The molecule has 1 aromatic rings. The molecule has 0 atom stereocenters. The number of carbonyl (C=O) groups excluding carboxylic acids is 1. The Balaban J connectivity index is 2.05. The topological polar surface area (TPSA) is 47.6 Å². The first-order valence-corrected chi connectivity index (χ1v) is 7.71. The SMILES string of the molecule is CCCOc1ccc(NC(=O)C2(OC)CCCC2)cc1C. The van der Waals surface area contributed by atoms with Gasteiger partial charge in [-0.1, -0.05) is 6.92 Å². The smallest absolute Gasteiger partial charge is 0.256 e. The van der Waals surface area contributed by atoms with E-state index in [1.54, 1.807) is 7.11 Å².